The van der Waals surface area contributed by atoms with Crippen molar-refractivity contribution in [2.24, 2.45) is 5.92 Å². The first kappa shape index (κ1) is 25.0. The lowest BCUT2D eigenvalue weighted by Gasteiger charge is -2.30. The first-order chi connectivity index (χ1) is 15.1. The minimum absolute atomic E-state index is 0.129. The van der Waals surface area contributed by atoms with Crippen LogP contribution in [0.3, 0.4) is 0 Å². The normalized spacial score (nSPS) is 19.0. The van der Waals surface area contributed by atoms with Crippen LogP contribution in [0.25, 0.3) is 0 Å². The number of hydrogen-bond donors (Lipinski definition) is 2. The summed E-state index contributed by atoms with van der Waals surface area (Å²) in [6.45, 7) is 3.15. The zero-order valence-electron chi connectivity index (χ0n) is 18.4. The predicted octanol–water partition coefficient (Wildman–Crippen LogP) is 3.78. The van der Waals surface area contributed by atoms with E-state index in [0.717, 1.165) is 50.3 Å². The average molecular weight is 500 g/mol. The molecule has 32 heavy (non-hydrogen) atoms. The highest BCUT2D eigenvalue weighted by atomic mass is 35.5. The van der Waals surface area contributed by atoms with Crippen LogP contribution in [-0.2, 0) is 16.4 Å². The quantitative estimate of drug-likeness (QED) is 0.544. The summed E-state index contributed by atoms with van der Waals surface area (Å²) < 4.78 is 24.9. The first-order valence-electron chi connectivity index (χ1n) is 10.8. The highest BCUT2D eigenvalue weighted by Gasteiger charge is 2.25. The smallest absolute Gasteiger partial charge is 0.284 e. The number of aliphatic hydroxyl groups excluding tert-OH is 1. The largest absolute Gasteiger partial charge is 0.393 e. The van der Waals surface area contributed by atoms with Crippen LogP contribution in [0.2, 0.25) is 5.02 Å². The van der Waals surface area contributed by atoms with Gasteiger partial charge < -0.3 is 10.0 Å². The molecule has 7 nitrogen and oxygen atoms in total. The molecular formula is C22H30ClN3O4S2. The van der Waals surface area contributed by atoms with Crippen LogP contribution in [0.1, 0.15) is 53.0 Å². The molecule has 1 amide bonds. The number of amides is 1. The molecule has 0 unspecified atom stereocenters. The van der Waals surface area contributed by atoms with Gasteiger partial charge in [0.05, 0.1) is 12.4 Å². The summed E-state index contributed by atoms with van der Waals surface area (Å²) in [6.07, 6.45) is 6.37. The number of rotatable bonds is 9. The minimum Gasteiger partial charge on any atom is -0.393 e. The number of anilines is 1. The van der Waals surface area contributed by atoms with Gasteiger partial charge >= 0.3 is 0 Å². The third-order valence-corrected chi connectivity index (χ3v) is 7.61. The monoisotopic (exact) mass is 499 g/mol. The number of carbonyl (C=O) groups is 1. The summed E-state index contributed by atoms with van der Waals surface area (Å²) in [5.74, 6) is -0.455. The van der Waals surface area contributed by atoms with Crippen LogP contribution >= 0.6 is 22.9 Å². The molecule has 2 N–H and O–H groups in total. The lowest BCUT2D eigenvalue weighted by Crippen LogP contribution is -2.33. The Labute approximate surface area is 198 Å². The fourth-order valence-electron chi connectivity index (χ4n) is 4.01. The van der Waals surface area contributed by atoms with E-state index in [4.69, 9.17) is 11.6 Å². The molecule has 0 spiro atoms. The first-order valence-corrected chi connectivity index (χ1v) is 13.9. The Morgan fingerprint density at radius 3 is 2.59 bits per heavy atom. The van der Waals surface area contributed by atoms with Crippen LogP contribution in [-0.4, -0.2) is 49.9 Å². The molecule has 0 saturated heterocycles. The van der Waals surface area contributed by atoms with Crippen molar-refractivity contribution >= 4 is 44.0 Å². The van der Waals surface area contributed by atoms with Crippen LogP contribution in [0.4, 0.5) is 5.13 Å². The highest BCUT2D eigenvalue weighted by Crippen LogP contribution is 2.30. The second-order valence-corrected chi connectivity index (χ2v) is 11.7. The number of nitrogens with zero attached hydrogens (tertiary/aromatic N) is 2. The van der Waals surface area contributed by atoms with E-state index >= 15 is 0 Å². The van der Waals surface area contributed by atoms with Crippen LogP contribution < -0.4 is 9.62 Å². The molecule has 2 aromatic rings. The number of aliphatic hydroxyl groups is 1. The average Bonchev–Trinajstić information content (AvgIpc) is 3.11. The summed E-state index contributed by atoms with van der Waals surface area (Å²) >= 11 is 7.37. The number of aromatic nitrogens is 1. The Morgan fingerprint density at radius 2 is 1.94 bits per heavy atom. The fraction of sp³-hybridized carbons (Fsp3) is 0.545. The SMILES string of the molecule is Cc1sc(N(CCc2ccc(Cl)cc2)CC[C@@H]2CCCC[C@H]2O)nc1C(=O)NS(C)(=O)=O. The predicted molar refractivity (Wildman–Crippen MR) is 129 cm³/mol. The molecule has 0 bridgehead atoms. The molecular weight excluding hydrogens is 470 g/mol. The van der Waals surface area contributed by atoms with Gasteiger partial charge in [0.1, 0.15) is 5.69 Å². The second-order valence-electron chi connectivity index (χ2n) is 8.37. The van der Waals surface area contributed by atoms with Gasteiger partial charge in [0.2, 0.25) is 10.0 Å². The van der Waals surface area contributed by atoms with E-state index in [1.54, 1.807) is 6.92 Å². The van der Waals surface area contributed by atoms with Gasteiger partial charge in [-0.25, -0.2) is 18.1 Å². The highest BCUT2D eigenvalue weighted by molar-refractivity contribution is 7.89. The Kier molecular flexibility index (Phi) is 8.55. The fourth-order valence-corrected chi connectivity index (χ4v) is 5.53. The van der Waals surface area contributed by atoms with Gasteiger partial charge in [0, 0.05) is 23.0 Å². The van der Waals surface area contributed by atoms with Gasteiger partial charge in [-0.2, -0.15) is 0 Å². The van der Waals surface area contributed by atoms with Gasteiger partial charge in [-0.05, 0) is 56.2 Å². The van der Waals surface area contributed by atoms with E-state index in [-0.39, 0.29) is 17.7 Å². The molecule has 3 rings (SSSR count). The molecule has 1 aromatic carbocycles. The van der Waals surface area contributed by atoms with E-state index in [9.17, 15) is 18.3 Å². The summed E-state index contributed by atoms with van der Waals surface area (Å²) in [6, 6.07) is 7.70. The van der Waals surface area contributed by atoms with Gasteiger partial charge in [-0.1, -0.05) is 36.6 Å². The van der Waals surface area contributed by atoms with Crippen molar-refractivity contribution in [1.82, 2.24) is 9.71 Å². The van der Waals surface area contributed by atoms with Gasteiger partial charge in [-0.15, -0.1) is 11.3 Å². The molecule has 10 heteroatoms. The van der Waals surface area contributed by atoms with Crippen molar-refractivity contribution in [3.05, 3.63) is 45.4 Å². The van der Waals surface area contributed by atoms with Gasteiger partial charge in [-0.3, -0.25) is 4.79 Å². The lowest BCUT2D eigenvalue weighted by molar-refractivity contribution is 0.0663. The molecule has 1 aliphatic carbocycles. The molecule has 1 heterocycles. The number of aryl methyl sites for hydroxylation is 1. The van der Waals surface area contributed by atoms with E-state index in [2.05, 4.69) is 9.88 Å². The Hall–Kier alpha value is -1.68. The Bertz CT molecular complexity index is 1020. The Balaban J connectivity index is 1.76. The van der Waals surface area contributed by atoms with E-state index < -0.39 is 15.9 Å². The third kappa shape index (κ3) is 7.16. The van der Waals surface area contributed by atoms with Crippen LogP contribution in [0, 0.1) is 12.8 Å². The van der Waals surface area contributed by atoms with E-state index in [1.165, 1.54) is 11.3 Å². The number of hydrogen-bond acceptors (Lipinski definition) is 7. The molecule has 176 valence electrons. The zero-order chi connectivity index (χ0) is 23.3. The lowest BCUT2D eigenvalue weighted by atomic mass is 9.84. The number of nitrogens with one attached hydrogen (secondary N) is 1. The molecule has 1 fully saturated rings. The second kappa shape index (κ2) is 11.0. The topological polar surface area (TPSA) is 99.6 Å². The minimum atomic E-state index is -3.67. The van der Waals surface area contributed by atoms with Crippen molar-refractivity contribution in [3.8, 4) is 0 Å². The van der Waals surface area contributed by atoms with E-state index in [0.29, 0.717) is 28.1 Å². The molecule has 0 aliphatic heterocycles. The summed E-state index contributed by atoms with van der Waals surface area (Å²) in [5, 5.41) is 11.7. The number of thiazole rings is 1. The maximum atomic E-state index is 12.4. The summed E-state index contributed by atoms with van der Waals surface area (Å²) in [4.78, 5) is 19.6. The maximum Gasteiger partial charge on any atom is 0.284 e. The van der Waals surface area contributed by atoms with Crippen LogP contribution in [0.15, 0.2) is 24.3 Å². The summed E-state index contributed by atoms with van der Waals surface area (Å²) in [7, 11) is -3.67. The molecule has 1 saturated carbocycles. The standard InChI is InChI=1S/C22H30ClN3O4S2/c1-15-20(21(28)25-32(2,29)30)24-22(31-15)26(13-11-16-7-9-18(23)10-8-16)14-12-17-5-3-4-6-19(17)27/h7-10,17,19,27H,3-6,11-14H2,1-2H3,(H,25,28)/t17-,19+/m0/s1. The number of sulfonamides is 1. The Morgan fingerprint density at radius 1 is 1.25 bits per heavy atom. The van der Waals surface area contributed by atoms with E-state index in [1.807, 2.05) is 29.0 Å². The van der Waals surface area contributed by atoms with Gasteiger partial charge in [0.25, 0.3) is 5.91 Å². The molecule has 1 aromatic heterocycles. The number of benzene rings is 1. The van der Waals surface area contributed by atoms with Crippen molar-refractivity contribution in [2.45, 2.75) is 51.6 Å². The van der Waals surface area contributed by atoms with Crippen molar-refractivity contribution in [1.29, 1.82) is 0 Å². The maximum absolute atomic E-state index is 12.4. The molecule has 2 atom stereocenters. The molecule has 1 aliphatic rings. The van der Waals surface area contributed by atoms with Gasteiger partial charge in [0.15, 0.2) is 5.13 Å². The summed E-state index contributed by atoms with van der Waals surface area (Å²) in [5.41, 5.74) is 1.27. The number of carbonyl (C=O) groups excluding carboxylic acids is 1. The van der Waals surface area contributed by atoms with Crippen molar-refractivity contribution < 1.29 is 18.3 Å². The van der Waals surface area contributed by atoms with Crippen molar-refractivity contribution in [3.63, 3.8) is 0 Å². The number of halogens is 1. The molecule has 0 radical (unpaired) electrons. The van der Waals surface area contributed by atoms with Crippen LogP contribution in [0.5, 0.6) is 0 Å². The third-order valence-electron chi connectivity index (χ3n) is 5.77. The zero-order valence-corrected chi connectivity index (χ0v) is 20.8. The van der Waals surface area contributed by atoms with Crippen molar-refractivity contribution in [2.75, 3.05) is 24.2 Å².